The normalized spacial score (nSPS) is 26.4. The number of anilines is 2. The molecule has 3 fully saturated rings. The second kappa shape index (κ2) is 10.8. The number of rotatable bonds is 7. The molecule has 220 valence electrons. The van der Waals surface area contributed by atoms with Gasteiger partial charge in [0.05, 0.1) is 11.8 Å². The number of aromatic nitrogens is 2. The largest absolute Gasteiger partial charge is 0.573 e. The highest BCUT2D eigenvalue weighted by Crippen LogP contribution is 2.47. The third-order valence-electron chi connectivity index (χ3n) is 8.68. The molecule has 41 heavy (non-hydrogen) atoms. The molecule has 6 nitrogen and oxygen atoms in total. The highest BCUT2D eigenvalue weighted by Gasteiger charge is 2.46. The van der Waals surface area contributed by atoms with Gasteiger partial charge in [-0.25, -0.2) is 9.97 Å². The van der Waals surface area contributed by atoms with Crippen LogP contribution >= 0.6 is 0 Å². The van der Waals surface area contributed by atoms with Crippen molar-refractivity contribution >= 4 is 11.8 Å². The quantitative estimate of drug-likeness (QED) is 0.287. The molecule has 3 aliphatic rings. The number of alkyl halides is 6. The van der Waals surface area contributed by atoms with Crippen LogP contribution in [-0.2, 0) is 6.18 Å². The zero-order chi connectivity index (χ0) is 28.8. The summed E-state index contributed by atoms with van der Waals surface area (Å²) in [5.74, 6) is 2.08. The van der Waals surface area contributed by atoms with Crippen molar-refractivity contribution in [1.29, 1.82) is 0 Å². The first-order valence-corrected chi connectivity index (χ1v) is 13.9. The van der Waals surface area contributed by atoms with Crippen LogP contribution in [0.15, 0.2) is 53.2 Å². The predicted octanol–water partition coefficient (Wildman–Crippen LogP) is 7.93. The monoisotopic (exact) mass is 580 g/mol. The van der Waals surface area contributed by atoms with E-state index in [1.807, 2.05) is 0 Å². The summed E-state index contributed by atoms with van der Waals surface area (Å²) >= 11 is 0. The first-order chi connectivity index (χ1) is 19.5. The van der Waals surface area contributed by atoms with Gasteiger partial charge in [-0.3, -0.25) is 0 Å². The number of nitrogens with one attached hydrogen (secondary N) is 1. The van der Waals surface area contributed by atoms with Gasteiger partial charge in [0.15, 0.2) is 5.76 Å². The van der Waals surface area contributed by atoms with Gasteiger partial charge >= 0.3 is 12.5 Å². The number of nitrogens with zero attached hydrogens (tertiary/aromatic N) is 3. The van der Waals surface area contributed by atoms with Crippen LogP contribution < -0.4 is 15.0 Å². The highest BCUT2D eigenvalue weighted by molar-refractivity contribution is 5.58. The van der Waals surface area contributed by atoms with Crippen molar-refractivity contribution in [3.63, 3.8) is 0 Å². The molecule has 1 saturated heterocycles. The summed E-state index contributed by atoms with van der Waals surface area (Å²) in [7, 11) is 0. The van der Waals surface area contributed by atoms with E-state index in [2.05, 4.69) is 24.9 Å². The smallest absolute Gasteiger partial charge is 0.424 e. The lowest BCUT2D eigenvalue weighted by Gasteiger charge is -2.39. The molecule has 1 N–H and O–H groups in total. The molecule has 1 aliphatic heterocycles. The minimum Gasteiger partial charge on any atom is -0.424 e. The van der Waals surface area contributed by atoms with Gasteiger partial charge in [0.25, 0.3) is 6.01 Å². The van der Waals surface area contributed by atoms with E-state index in [0.717, 1.165) is 63.8 Å². The molecule has 2 saturated carbocycles. The Balaban J connectivity index is 1.09. The van der Waals surface area contributed by atoms with E-state index >= 15 is 0 Å². The van der Waals surface area contributed by atoms with Crippen LogP contribution in [0.2, 0.25) is 0 Å². The maximum absolute atomic E-state index is 13.0. The van der Waals surface area contributed by atoms with Crippen LogP contribution in [0.25, 0.3) is 11.3 Å². The van der Waals surface area contributed by atoms with Crippen molar-refractivity contribution in [2.75, 3.05) is 16.8 Å². The van der Waals surface area contributed by atoms with E-state index in [1.54, 1.807) is 6.20 Å². The Labute approximate surface area is 233 Å². The Morgan fingerprint density at radius 1 is 0.902 bits per heavy atom. The van der Waals surface area contributed by atoms with Crippen LogP contribution in [0.1, 0.15) is 50.5 Å². The molecule has 2 bridgehead atoms. The van der Waals surface area contributed by atoms with Crippen LogP contribution in [0.5, 0.6) is 5.75 Å². The van der Waals surface area contributed by atoms with Gasteiger partial charge < -0.3 is 19.4 Å². The number of pyridine rings is 1. The standard InChI is InChI=1S/C29H30F6N4O2/c30-28(31,32)21-7-10-26(36-14-21)39-16-17-11-20(24(39)12-17)13-19-3-1-2-4-23(19)38-27-37-15-25(40-27)18-5-8-22(9-6-18)41-29(33,34)35/h5-10,14-15,17,19-20,23-24H,1-4,11-13,16H2,(H,37,38)/t17-,19+,20-,23-,24-/m1/s1. The minimum absolute atomic E-state index is 0.162. The number of benzene rings is 1. The minimum atomic E-state index is -4.75. The van der Waals surface area contributed by atoms with Crippen molar-refractivity contribution in [2.45, 2.75) is 69.6 Å². The average Bonchev–Trinajstić information content (AvgIpc) is 3.65. The van der Waals surface area contributed by atoms with Crippen molar-refractivity contribution in [1.82, 2.24) is 9.97 Å². The lowest BCUT2D eigenvalue weighted by Crippen LogP contribution is -2.41. The predicted molar refractivity (Wildman–Crippen MR) is 139 cm³/mol. The van der Waals surface area contributed by atoms with E-state index in [4.69, 9.17) is 4.42 Å². The fourth-order valence-corrected chi connectivity index (χ4v) is 6.92. The van der Waals surface area contributed by atoms with Gasteiger partial charge in [-0.1, -0.05) is 12.8 Å². The Kier molecular flexibility index (Phi) is 7.27. The zero-order valence-corrected chi connectivity index (χ0v) is 22.1. The molecule has 2 aliphatic carbocycles. The molecule has 0 spiro atoms. The van der Waals surface area contributed by atoms with E-state index in [9.17, 15) is 26.3 Å². The molecule has 3 aromatic rings. The summed E-state index contributed by atoms with van der Waals surface area (Å²) in [5, 5.41) is 3.46. The average molecular weight is 581 g/mol. The number of fused-ring (bicyclic) bond motifs is 2. The fraction of sp³-hybridized carbons (Fsp3) is 0.517. The van der Waals surface area contributed by atoms with Crippen LogP contribution in [0.4, 0.5) is 38.2 Å². The Bertz CT molecular complexity index is 1320. The molecule has 2 aromatic heterocycles. The lowest BCUT2D eigenvalue weighted by molar-refractivity contribution is -0.274. The second-order valence-electron chi connectivity index (χ2n) is 11.4. The molecule has 0 radical (unpaired) electrons. The molecule has 6 rings (SSSR count). The number of hydrogen-bond acceptors (Lipinski definition) is 6. The fourth-order valence-electron chi connectivity index (χ4n) is 6.92. The Hall–Kier alpha value is -3.44. The zero-order valence-electron chi connectivity index (χ0n) is 22.1. The van der Waals surface area contributed by atoms with Crippen LogP contribution in [0.3, 0.4) is 0 Å². The van der Waals surface area contributed by atoms with Crippen molar-refractivity contribution in [3.05, 3.63) is 54.4 Å². The first kappa shape index (κ1) is 27.7. The molecular weight excluding hydrogens is 550 g/mol. The second-order valence-corrected chi connectivity index (χ2v) is 11.4. The third-order valence-corrected chi connectivity index (χ3v) is 8.68. The molecule has 0 amide bonds. The molecular formula is C29H30F6N4O2. The molecule has 3 heterocycles. The Morgan fingerprint density at radius 3 is 2.37 bits per heavy atom. The van der Waals surface area contributed by atoms with Gasteiger partial charge in [0.2, 0.25) is 0 Å². The van der Waals surface area contributed by atoms with Gasteiger partial charge in [-0.2, -0.15) is 13.2 Å². The topological polar surface area (TPSA) is 63.4 Å². The van der Waals surface area contributed by atoms with Gasteiger partial charge in [0.1, 0.15) is 11.6 Å². The summed E-state index contributed by atoms with van der Waals surface area (Å²) < 4.78 is 86.2. The molecule has 1 aromatic carbocycles. The third kappa shape index (κ3) is 6.25. The Morgan fingerprint density at radius 2 is 1.68 bits per heavy atom. The first-order valence-electron chi connectivity index (χ1n) is 13.9. The summed E-state index contributed by atoms with van der Waals surface area (Å²) in [6.45, 7) is 0.828. The number of halogens is 6. The maximum atomic E-state index is 13.0. The van der Waals surface area contributed by atoms with E-state index in [0.29, 0.717) is 40.9 Å². The van der Waals surface area contributed by atoms with Crippen molar-refractivity contribution in [3.8, 4) is 17.1 Å². The highest BCUT2D eigenvalue weighted by atomic mass is 19.4. The summed E-state index contributed by atoms with van der Waals surface area (Å²) in [6, 6.07) is 8.84. The summed E-state index contributed by atoms with van der Waals surface area (Å²) in [4.78, 5) is 10.7. The van der Waals surface area contributed by atoms with Crippen LogP contribution in [0, 0.1) is 17.8 Å². The summed E-state index contributed by atoms with van der Waals surface area (Å²) in [6.07, 6.45) is 0.725. The van der Waals surface area contributed by atoms with Gasteiger partial charge in [-0.05, 0) is 86.3 Å². The number of hydrogen-bond donors (Lipinski definition) is 1. The van der Waals surface area contributed by atoms with E-state index < -0.39 is 18.1 Å². The van der Waals surface area contributed by atoms with Crippen molar-refractivity contribution in [2.24, 2.45) is 17.8 Å². The molecule has 0 unspecified atom stereocenters. The SMILES string of the molecule is FC(F)(F)Oc1ccc(-c2cnc(N[C@@H]3CCCC[C@H]3C[C@H]3C[C@@H]4C[C@H]3N(c3ccc(C(F)(F)F)cn3)C4)o2)cc1. The lowest BCUT2D eigenvalue weighted by atomic mass is 9.77. The van der Waals surface area contributed by atoms with E-state index in [1.165, 1.54) is 30.3 Å². The van der Waals surface area contributed by atoms with Gasteiger partial charge in [-0.15, -0.1) is 13.2 Å². The maximum Gasteiger partial charge on any atom is 0.573 e. The van der Waals surface area contributed by atoms with Gasteiger partial charge in [0, 0.05) is 30.4 Å². The number of oxazole rings is 1. The molecule has 5 atom stereocenters. The molecule has 12 heteroatoms. The van der Waals surface area contributed by atoms with Crippen molar-refractivity contribution < 1.29 is 35.5 Å². The summed E-state index contributed by atoms with van der Waals surface area (Å²) in [5.41, 5.74) is -0.153. The van der Waals surface area contributed by atoms with E-state index in [-0.39, 0.29) is 17.8 Å². The number of piperidine rings is 1. The van der Waals surface area contributed by atoms with Crippen LogP contribution in [-0.4, -0.2) is 35.0 Å². The number of ether oxygens (including phenoxy) is 1.